The van der Waals surface area contributed by atoms with Gasteiger partial charge in [-0.2, -0.15) is 0 Å². The molecule has 1 heterocycles. The Balaban J connectivity index is 1.79. The molecule has 1 atom stereocenters. The Morgan fingerprint density at radius 2 is 1.96 bits per heavy atom. The molecule has 144 valence electrons. The lowest BCUT2D eigenvalue weighted by Gasteiger charge is -2.15. The summed E-state index contributed by atoms with van der Waals surface area (Å²) in [5.41, 5.74) is 2.52. The van der Waals surface area contributed by atoms with Crippen molar-refractivity contribution in [2.24, 2.45) is 7.05 Å². The topological polar surface area (TPSA) is 80.6 Å². The number of benzene rings is 2. The van der Waals surface area contributed by atoms with E-state index in [1.165, 1.54) is 0 Å². The van der Waals surface area contributed by atoms with E-state index in [1.807, 2.05) is 42.9 Å². The summed E-state index contributed by atoms with van der Waals surface area (Å²) in [7, 11) is -1.87. The van der Waals surface area contributed by atoms with E-state index >= 15 is 0 Å². The van der Waals surface area contributed by atoms with Gasteiger partial charge in [0.2, 0.25) is 10.0 Å². The molecule has 7 heteroatoms. The first-order chi connectivity index (χ1) is 12.8. The molecule has 0 unspecified atom stereocenters. The highest BCUT2D eigenvalue weighted by atomic mass is 32.2. The van der Waals surface area contributed by atoms with Gasteiger partial charge in [-0.1, -0.05) is 12.1 Å². The molecule has 1 aromatic heterocycles. The van der Waals surface area contributed by atoms with Crippen LogP contribution in [0.2, 0.25) is 0 Å². The lowest BCUT2D eigenvalue weighted by molar-refractivity contribution is 0.182. The minimum Gasteiger partial charge on any atom is -0.492 e. The van der Waals surface area contributed by atoms with Gasteiger partial charge < -0.3 is 14.4 Å². The minimum absolute atomic E-state index is 0.0788. The second-order valence-electron chi connectivity index (χ2n) is 6.50. The fourth-order valence-electron chi connectivity index (χ4n) is 2.99. The Bertz CT molecular complexity index is 1060. The van der Waals surface area contributed by atoms with Crippen molar-refractivity contribution in [3.05, 3.63) is 59.8 Å². The molecule has 2 N–H and O–H groups in total. The highest BCUT2D eigenvalue weighted by molar-refractivity contribution is 7.89. The lowest BCUT2D eigenvalue weighted by Crippen LogP contribution is -2.29. The molecule has 0 spiro atoms. The number of aliphatic hydroxyl groups is 1. The number of hydrogen-bond donors (Lipinski definition) is 2. The van der Waals surface area contributed by atoms with E-state index in [4.69, 9.17) is 4.74 Å². The van der Waals surface area contributed by atoms with E-state index in [-0.39, 0.29) is 11.4 Å². The van der Waals surface area contributed by atoms with Gasteiger partial charge in [-0.3, -0.25) is 0 Å². The first kappa shape index (κ1) is 19.4. The zero-order valence-electron chi connectivity index (χ0n) is 15.6. The van der Waals surface area contributed by atoms with Crippen LogP contribution in [-0.4, -0.2) is 31.2 Å². The van der Waals surface area contributed by atoms with Crippen molar-refractivity contribution in [1.82, 2.24) is 9.29 Å². The molecule has 0 saturated carbocycles. The number of hydrogen-bond acceptors (Lipinski definition) is 4. The van der Waals surface area contributed by atoms with Crippen LogP contribution in [0, 0.1) is 6.92 Å². The second kappa shape index (κ2) is 7.72. The Kier molecular flexibility index (Phi) is 5.55. The van der Waals surface area contributed by atoms with Gasteiger partial charge in [-0.25, -0.2) is 13.1 Å². The summed E-state index contributed by atoms with van der Waals surface area (Å²) in [4.78, 5) is 0.0788. The van der Waals surface area contributed by atoms with E-state index in [0.717, 1.165) is 16.5 Å². The van der Waals surface area contributed by atoms with Gasteiger partial charge in [-0.05, 0) is 60.7 Å². The van der Waals surface area contributed by atoms with Crippen LogP contribution in [0.1, 0.15) is 24.2 Å². The average molecular weight is 388 g/mol. The van der Waals surface area contributed by atoms with Crippen LogP contribution < -0.4 is 9.46 Å². The number of aryl methyl sites for hydroxylation is 2. The van der Waals surface area contributed by atoms with Gasteiger partial charge in [0, 0.05) is 25.3 Å². The standard InChI is InChI=1S/C20H24N2O4S/c1-4-26-19-8-5-14(2)11-20(19)27(24,25)21-13-18(23)16-6-7-17-15(12-16)9-10-22(17)3/h5-12,18,21,23H,4,13H2,1-3H3/t18-/m1/s1. The first-order valence-electron chi connectivity index (χ1n) is 8.78. The van der Waals surface area contributed by atoms with Crippen molar-refractivity contribution in [2.45, 2.75) is 24.8 Å². The molecule has 0 bridgehead atoms. The third-order valence-corrected chi connectivity index (χ3v) is 5.89. The summed E-state index contributed by atoms with van der Waals surface area (Å²) in [5.74, 6) is 0.302. The van der Waals surface area contributed by atoms with Crippen LogP contribution in [-0.2, 0) is 17.1 Å². The van der Waals surface area contributed by atoms with Crippen LogP contribution in [0.25, 0.3) is 10.9 Å². The fourth-order valence-corrected chi connectivity index (χ4v) is 4.26. The highest BCUT2D eigenvalue weighted by Crippen LogP contribution is 2.26. The largest absolute Gasteiger partial charge is 0.492 e. The monoisotopic (exact) mass is 388 g/mol. The van der Waals surface area contributed by atoms with Crippen molar-refractivity contribution in [3.8, 4) is 5.75 Å². The minimum atomic E-state index is -3.82. The smallest absolute Gasteiger partial charge is 0.244 e. The fraction of sp³-hybridized carbons (Fsp3) is 0.300. The van der Waals surface area contributed by atoms with Crippen molar-refractivity contribution >= 4 is 20.9 Å². The molecule has 6 nitrogen and oxygen atoms in total. The molecule has 0 radical (unpaired) electrons. The third-order valence-electron chi connectivity index (χ3n) is 4.45. The maximum atomic E-state index is 12.7. The van der Waals surface area contributed by atoms with E-state index < -0.39 is 16.1 Å². The number of sulfonamides is 1. The van der Waals surface area contributed by atoms with E-state index in [2.05, 4.69) is 4.72 Å². The van der Waals surface area contributed by atoms with Gasteiger partial charge in [0.1, 0.15) is 10.6 Å². The Hall–Kier alpha value is -2.35. The molecule has 0 aliphatic heterocycles. The lowest BCUT2D eigenvalue weighted by atomic mass is 10.1. The maximum absolute atomic E-state index is 12.7. The predicted molar refractivity (Wildman–Crippen MR) is 105 cm³/mol. The van der Waals surface area contributed by atoms with Gasteiger partial charge in [0.25, 0.3) is 0 Å². The number of fused-ring (bicyclic) bond motifs is 1. The Labute approximate surface area is 159 Å². The van der Waals surface area contributed by atoms with E-state index in [1.54, 1.807) is 31.2 Å². The Morgan fingerprint density at radius 1 is 1.19 bits per heavy atom. The molecule has 0 aliphatic rings. The molecule has 2 aromatic carbocycles. The molecular formula is C20H24N2O4S. The number of ether oxygens (including phenoxy) is 1. The van der Waals surface area contributed by atoms with Gasteiger partial charge >= 0.3 is 0 Å². The summed E-state index contributed by atoms with van der Waals surface area (Å²) < 4.78 is 35.4. The summed E-state index contributed by atoms with van der Waals surface area (Å²) in [6, 6.07) is 12.6. The van der Waals surface area contributed by atoms with Crippen LogP contribution >= 0.6 is 0 Å². The molecule has 27 heavy (non-hydrogen) atoms. The highest BCUT2D eigenvalue weighted by Gasteiger charge is 2.21. The normalized spacial score (nSPS) is 13.0. The predicted octanol–water partition coefficient (Wildman–Crippen LogP) is 2.90. The van der Waals surface area contributed by atoms with Crippen LogP contribution in [0.15, 0.2) is 53.6 Å². The van der Waals surface area contributed by atoms with Gasteiger partial charge in [-0.15, -0.1) is 0 Å². The number of aliphatic hydroxyl groups excluding tert-OH is 1. The van der Waals surface area contributed by atoms with Gasteiger partial charge in [0.05, 0.1) is 12.7 Å². The maximum Gasteiger partial charge on any atom is 0.244 e. The average Bonchev–Trinajstić information content (AvgIpc) is 3.02. The zero-order valence-corrected chi connectivity index (χ0v) is 16.5. The zero-order chi connectivity index (χ0) is 19.6. The van der Waals surface area contributed by atoms with Crippen molar-refractivity contribution in [1.29, 1.82) is 0 Å². The Morgan fingerprint density at radius 3 is 2.70 bits per heavy atom. The number of nitrogens with zero attached hydrogens (tertiary/aromatic N) is 1. The molecule has 3 aromatic rings. The van der Waals surface area contributed by atoms with E-state index in [9.17, 15) is 13.5 Å². The van der Waals surface area contributed by atoms with Crippen molar-refractivity contribution < 1.29 is 18.3 Å². The number of nitrogens with one attached hydrogen (secondary N) is 1. The summed E-state index contributed by atoms with van der Waals surface area (Å²) in [5, 5.41) is 11.5. The van der Waals surface area contributed by atoms with Gasteiger partial charge in [0.15, 0.2) is 0 Å². The third kappa shape index (κ3) is 4.16. The van der Waals surface area contributed by atoms with Crippen LogP contribution in [0.3, 0.4) is 0 Å². The number of rotatable bonds is 7. The quantitative estimate of drug-likeness (QED) is 0.652. The molecule has 3 rings (SSSR count). The summed E-state index contributed by atoms with van der Waals surface area (Å²) >= 11 is 0. The van der Waals surface area contributed by atoms with Crippen LogP contribution in [0.4, 0.5) is 0 Å². The van der Waals surface area contributed by atoms with Crippen LogP contribution in [0.5, 0.6) is 5.75 Å². The molecule has 0 aliphatic carbocycles. The van der Waals surface area contributed by atoms with Crippen molar-refractivity contribution in [3.63, 3.8) is 0 Å². The molecular weight excluding hydrogens is 364 g/mol. The molecule has 0 fully saturated rings. The summed E-state index contributed by atoms with van der Waals surface area (Å²) in [6.07, 6.45) is 0.987. The SMILES string of the molecule is CCOc1ccc(C)cc1S(=O)(=O)NC[C@@H](O)c1ccc2c(ccn2C)c1. The van der Waals surface area contributed by atoms with E-state index in [0.29, 0.717) is 17.9 Å². The first-order valence-corrected chi connectivity index (χ1v) is 10.3. The molecule has 0 saturated heterocycles. The summed E-state index contributed by atoms with van der Waals surface area (Å²) in [6.45, 7) is 3.86. The molecule has 0 amide bonds. The second-order valence-corrected chi connectivity index (χ2v) is 8.23. The van der Waals surface area contributed by atoms with Crippen molar-refractivity contribution in [2.75, 3.05) is 13.2 Å². The number of aromatic nitrogens is 1.